The van der Waals surface area contributed by atoms with Crippen LogP contribution in [0.3, 0.4) is 0 Å². The summed E-state index contributed by atoms with van der Waals surface area (Å²) in [7, 11) is 1.51. The zero-order chi connectivity index (χ0) is 25.5. The van der Waals surface area contributed by atoms with Crippen LogP contribution in [0.2, 0.25) is 5.02 Å². The van der Waals surface area contributed by atoms with Crippen LogP contribution in [0, 0.1) is 17.0 Å². The van der Waals surface area contributed by atoms with Crippen molar-refractivity contribution in [1.82, 2.24) is 0 Å². The predicted molar refractivity (Wildman–Crippen MR) is 139 cm³/mol. The van der Waals surface area contributed by atoms with Crippen molar-refractivity contribution in [3.05, 3.63) is 86.9 Å². The summed E-state index contributed by atoms with van der Waals surface area (Å²) in [5.74, 6) is -0.186. The maximum absolute atomic E-state index is 13.0. The van der Waals surface area contributed by atoms with Crippen LogP contribution in [0.4, 0.5) is 17.1 Å². The third-order valence-electron chi connectivity index (χ3n) is 5.09. The molecular formula is C25H24ClN3O5S. The highest BCUT2D eigenvalue weighted by atomic mass is 35.5. The van der Waals surface area contributed by atoms with Crippen LogP contribution in [0.15, 0.2) is 65.6 Å². The van der Waals surface area contributed by atoms with Gasteiger partial charge in [-0.2, -0.15) is 0 Å². The maximum Gasteiger partial charge on any atom is 0.270 e. The summed E-state index contributed by atoms with van der Waals surface area (Å²) >= 11 is 7.51. The molecule has 8 nitrogen and oxygen atoms in total. The van der Waals surface area contributed by atoms with Crippen LogP contribution in [0.25, 0.3) is 0 Å². The number of thioether (sulfide) groups is 1. The van der Waals surface area contributed by atoms with Gasteiger partial charge in [0.2, 0.25) is 5.91 Å². The minimum Gasteiger partial charge on any atom is -0.495 e. The number of aryl methyl sites for hydroxylation is 1. The van der Waals surface area contributed by atoms with Crippen molar-refractivity contribution < 1.29 is 19.2 Å². The minimum absolute atomic E-state index is 0.161. The van der Waals surface area contributed by atoms with E-state index in [0.717, 1.165) is 10.5 Å². The van der Waals surface area contributed by atoms with Gasteiger partial charge in [-0.05, 0) is 49.2 Å². The lowest BCUT2D eigenvalue weighted by atomic mass is 10.2. The van der Waals surface area contributed by atoms with Gasteiger partial charge in [0.05, 0.1) is 23.0 Å². The zero-order valence-electron chi connectivity index (χ0n) is 19.3. The van der Waals surface area contributed by atoms with Gasteiger partial charge < -0.3 is 15.4 Å². The van der Waals surface area contributed by atoms with E-state index in [1.165, 1.54) is 43.1 Å². The Morgan fingerprint density at radius 1 is 1.11 bits per heavy atom. The first kappa shape index (κ1) is 26.1. The predicted octanol–water partition coefficient (Wildman–Crippen LogP) is 6.33. The Labute approximate surface area is 212 Å². The number of amides is 2. The quantitative estimate of drug-likeness (QED) is 0.196. The first-order chi connectivity index (χ1) is 16.7. The summed E-state index contributed by atoms with van der Waals surface area (Å²) in [6.45, 7) is 3.76. The number of hydrogen-bond acceptors (Lipinski definition) is 6. The molecule has 0 spiro atoms. The molecule has 2 amide bonds. The first-order valence-electron chi connectivity index (χ1n) is 10.7. The fourth-order valence-electron chi connectivity index (χ4n) is 3.24. The van der Waals surface area contributed by atoms with E-state index in [0.29, 0.717) is 28.6 Å². The third kappa shape index (κ3) is 6.74. The summed E-state index contributed by atoms with van der Waals surface area (Å²) in [5.41, 5.74) is 1.88. The summed E-state index contributed by atoms with van der Waals surface area (Å²) in [6.07, 6.45) is 0.565. The number of anilines is 2. The number of carbonyl (C=O) groups excluding carboxylic acids is 2. The number of carbonyl (C=O) groups is 2. The molecule has 0 saturated carbocycles. The topological polar surface area (TPSA) is 111 Å². The lowest BCUT2D eigenvalue weighted by Gasteiger charge is -2.17. The Hall–Kier alpha value is -3.56. The smallest absolute Gasteiger partial charge is 0.270 e. The van der Waals surface area contributed by atoms with E-state index in [2.05, 4.69) is 10.6 Å². The fraction of sp³-hybridized carbons (Fsp3) is 0.200. The molecular weight excluding hydrogens is 490 g/mol. The molecule has 182 valence electrons. The van der Waals surface area contributed by atoms with E-state index in [9.17, 15) is 19.7 Å². The number of hydrogen-bond donors (Lipinski definition) is 2. The number of non-ortho nitro benzene ring substituents is 1. The second-order valence-electron chi connectivity index (χ2n) is 7.60. The molecule has 35 heavy (non-hydrogen) atoms. The molecule has 0 saturated heterocycles. The molecule has 0 fully saturated rings. The number of nitro groups is 1. The Bertz CT molecular complexity index is 1270. The second-order valence-corrected chi connectivity index (χ2v) is 9.28. The van der Waals surface area contributed by atoms with Crippen molar-refractivity contribution in [2.75, 3.05) is 17.7 Å². The van der Waals surface area contributed by atoms with Crippen LogP contribution < -0.4 is 15.4 Å². The average molecular weight is 514 g/mol. The minimum atomic E-state index is -0.551. The summed E-state index contributed by atoms with van der Waals surface area (Å²) in [5, 5.41) is 16.8. The molecule has 3 aromatic carbocycles. The van der Waals surface area contributed by atoms with Gasteiger partial charge in [-0.1, -0.05) is 30.7 Å². The first-order valence-corrected chi connectivity index (χ1v) is 11.9. The normalized spacial score (nSPS) is 11.4. The SMILES string of the molecule is CCC(Sc1cccc(NC(=O)c2cccc([N+](=O)[O-])c2)c1)C(=O)Nc1cc(C)c(Cl)cc1OC. The van der Waals surface area contributed by atoms with E-state index < -0.39 is 16.1 Å². The number of nitrogens with one attached hydrogen (secondary N) is 2. The van der Waals surface area contributed by atoms with E-state index >= 15 is 0 Å². The lowest BCUT2D eigenvalue weighted by Crippen LogP contribution is -2.24. The van der Waals surface area contributed by atoms with Gasteiger partial charge in [0.15, 0.2) is 0 Å². The molecule has 1 unspecified atom stereocenters. The highest BCUT2D eigenvalue weighted by molar-refractivity contribution is 8.00. The molecule has 1 atom stereocenters. The van der Waals surface area contributed by atoms with Crippen molar-refractivity contribution in [2.24, 2.45) is 0 Å². The number of halogens is 1. The largest absolute Gasteiger partial charge is 0.495 e. The molecule has 0 aliphatic carbocycles. The molecule has 0 bridgehead atoms. The van der Waals surface area contributed by atoms with Gasteiger partial charge in [-0.3, -0.25) is 19.7 Å². The molecule has 3 rings (SSSR count). The number of nitro benzene ring substituents is 1. The third-order valence-corrected chi connectivity index (χ3v) is 6.86. The summed E-state index contributed by atoms with van der Waals surface area (Å²) < 4.78 is 5.34. The van der Waals surface area contributed by atoms with Gasteiger partial charge in [0.1, 0.15) is 5.75 Å². The Morgan fingerprint density at radius 3 is 2.54 bits per heavy atom. The molecule has 3 aromatic rings. The zero-order valence-corrected chi connectivity index (χ0v) is 20.9. The molecule has 0 aliphatic heterocycles. The van der Waals surface area contributed by atoms with Crippen LogP contribution in [-0.2, 0) is 4.79 Å². The van der Waals surface area contributed by atoms with Crippen LogP contribution in [0.1, 0.15) is 29.3 Å². The standard InChI is InChI=1S/C25H24ClN3O5S/c1-4-23(25(31)28-21-11-15(2)20(26)14-22(21)34-3)35-19-10-6-8-17(13-19)27-24(30)16-7-5-9-18(12-16)29(32)33/h5-14,23H,4H2,1-3H3,(H,27,30)(H,28,31). The lowest BCUT2D eigenvalue weighted by molar-refractivity contribution is -0.384. The molecule has 0 heterocycles. The van der Waals surface area contributed by atoms with Crippen molar-refractivity contribution >= 4 is 52.2 Å². The van der Waals surface area contributed by atoms with Gasteiger partial charge in [0.25, 0.3) is 11.6 Å². The van der Waals surface area contributed by atoms with Crippen molar-refractivity contribution in [3.8, 4) is 5.75 Å². The Kier molecular flexibility index (Phi) is 8.73. The number of benzene rings is 3. The van der Waals surface area contributed by atoms with Crippen molar-refractivity contribution in [3.63, 3.8) is 0 Å². The second kappa shape index (κ2) is 11.7. The number of ether oxygens (including phenoxy) is 1. The van der Waals surface area contributed by atoms with Crippen LogP contribution >= 0.6 is 23.4 Å². The van der Waals surface area contributed by atoms with Crippen LogP contribution in [-0.4, -0.2) is 29.1 Å². The van der Waals surface area contributed by atoms with Gasteiger partial charge >= 0.3 is 0 Å². The monoisotopic (exact) mass is 513 g/mol. The van der Waals surface area contributed by atoms with E-state index in [-0.39, 0.29) is 17.2 Å². The average Bonchev–Trinajstić information content (AvgIpc) is 2.84. The summed E-state index contributed by atoms with van der Waals surface area (Å²) in [4.78, 5) is 36.8. The van der Waals surface area contributed by atoms with Crippen molar-refractivity contribution in [1.29, 1.82) is 0 Å². The van der Waals surface area contributed by atoms with Gasteiger partial charge in [0, 0.05) is 39.4 Å². The number of nitrogens with zero attached hydrogens (tertiary/aromatic N) is 1. The molecule has 0 radical (unpaired) electrons. The highest BCUT2D eigenvalue weighted by Crippen LogP contribution is 2.33. The van der Waals surface area contributed by atoms with Crippen molar-refractivity contribution in [2.45, 2.75) is 30.4 Å². The Balaban J connectivity index is 1.71. The van der Waals surface area contributed by atoms with E-state index in [4.69, 9.17) is 16.3 Å². The fourth-order valence-corrected chi connectivity index (χ4v) is 4.41. The van der Waals surface area contributed by atoms with E-state index in [1.807, 2.05) is 19.9 Å². The van der Waals surface area contributed by atoms with Crippen LogP contribution in [0.5, 0.6) is 5.75 Å². The maximum atomic E-state index is 13.0. The van der Waals surface area contributed by atoms with E-state index in [1.54, 1.807) is 30.3 Å². The highest BCUT2D eigenvalue weighted by Gasteiger charge is 2.20. The summed E-state index contributed by atoms with van der Waals surface area (Å²) in [6, 6.07) is 16.0. The number of methoxy groups -OCH3 is 1. The Morgan fingerprint density at radius 2 is 1.86 bits per heavy atom. The van der Waals surface area contributed by atoms with Gasteiger partial charge in [-0.25, -0.2) is 0 Å². The molecule has 2 N–H and O–H groups in total. The van der Waals surface area contributed by atoms with Gasteiger partial charge in [-0.15, -0.1) is 11.8 Å². The molecule has 0 aromatic heterocycles. The molecule has 0 aliphatic rings. The molecule has 10 heteroatoms. The number of rotatable bonds is 9.